The molecule has 2 aromatic heterocycles. The van der Waals surface area contributed by atoms with E-state index < -0.39 is 0 Å². The van der Waals surface area contributed by atoms with E-state index in [1.54, 1.807) is 0 Å². The number of ether oxygens (including phenoxy) is 1. The summed E-state index contributed by atoms with van der Waals surface area (Å²) in [5.41, 5.74) is 3.88. The lowest BCUT2D eigenvalue weighted by molar-refractivity contribution is 0.0378. The third-order valence-corrected chi connectivity index (χ3v) is 5.11. The van der Waals surface area contributed by atoms with Crippen LogP contribution < -0.4 is 5.32 Å². The minimum absolute atomic E-state index is 0.486. The van der Waals surface area contributed by atoms with E-state index in [1.165, 1.54) is 0 Å². The summed E-state index contributed by atoms with van der Waals surface area (Å²) in [5.74, 6) is 1.19. The molecule has 148 valence electrons. The van der Waals surface area contributed by atoms with Gasteiger partial charge >= 0.3 is 0 Å². The van der Waals surface area contributed by atoms with Crippen LogP contribution in [0.25, 0.3) is 33.7 Å². The Hall–Kier alpha value is -3.03. The van der Waals surface area contributed by atoms with Crippen molar-refractivity contribution in [3.05, 3.63) is 48.5 Å². The maximum absolute atomic E-state index is 5.97. The number of hydrogen-bond acceptors (Lipinski definition) is 7. The highest BCUT2D eigenvalue weighted by Gasteiger charge is 2.17. The molecule has 1 N–H and O–H groups in total. The maximum atomic E-state index is 5.97. The molecule has 3 heterocycles. The highest BCUT2D eigenvalue weighted by molar-refractivity contribution is 5.83. The average Bonchev–Trinajstić information content (AvgIpc) is 3.21. The number of para-hydroxylation sites is 4. The van der Waals surface area contributed by atoms with Crippen LogP contribution in [0.4, 0.5) is 5.82 Å². The fourth-order valence-electron chi connectivity index (χ4n) is 3.58. The molecular weight excluding hydrogens is 366 g/mol. The Morgan fingerprint density at radius 2 is 1.59 bits per heavy atom. The molecule has 1 aliphatic heterocycles. The van der Waals surface area contributed by atoms with Crippen molar-refractivity contribution in [1.29, 1.82) is 0 Å². The first-order chi connectivity index (χ1) is 14.4. The van der Waals surface area contributed by atoms with Gasteiger partial charge in [-0.15, -0.1) is 0 Å². The van der Waals surface area contributed by atoms with Crippen molar-refractivity contribution in [2.75, 3.05) is 44.7 Å². The van der Waals surface area contributed by atoms with Crippen LogP contribution in [0.5, 0.6) is 0 Å². The lowest BCUT2D eigenvalue weighted by Gasteiger charge is -2.26. The van der Waals surface area contributed by atoms with Gasteiger partial charge in [0, 0.05) is 19.6 Å². The smallest absolute Gasteiger partial charge is 0.250 e. The number of anilines is 1. The van der Waals surface area contributed by atoms with E-state index in [9.17, 15) is 0 Å². The summed E-state index contributed by atoms with van der Waals surface area (Å²) >= 11 is 0. The third kappa shape index (κ3) is 3.92. The zero-order chi connectivity index (χ0) is 19.5. The number of morpholine rings is 1. The number of benzene rings is 2. The molecule has 0 atom stereocenters. The third-order valence-electron chi connectivity index (χ3n) is 5.11. The van der Waals surface area contributed by atoms with Crippen LogP contribution in [0.15, 0.2) is 52.9 Å². The van der Waals surface area contributed by atoms with Crippen LogP contribution in [-0.2, 0) is 4.74 Å². The first-order valence-electron chi connectivity index (χ1n) is 10.0. The van der Waals surface area contributed by atoms with Gasteiger partial charge in [0.05, 0.1) is 24.2 Å². The predicted octanol–water partition coefficient (Wildman–Crippen LogP) is 3.57. The summed E-state index contributed by atoms with van der Waals surface area (Å²) in [4.78, 5) is 16.7. The van der Waals surface area contributed by atoms with E-state index in [-0.39, 0.29) is 0 Å². The Morgan fingerprint density at radius 1 is 0.862 bits per heavy atom. The van der Waals surface area contributed by atoms with Crippen LogP contribution in [0, 0.1) is 0 Å². The van der Waals surface area contributed by atoms with Crippen molar-refractivity contribution >= 4 is 28.0 Å². The number of fused-ring (bicyclic) bond motifs is 2. The monoisotopic (exact) mass is 389 g/mol. The van der Waals surface area contributed by atoms with Gasteiger partial charge in [0.1, 0.15) is 5.52 Å². The maximum Gasteiger partial charge on any atom is 0.250 e. The minimum atomic E-state index is 0.486. The number of nitrogens with one attached hydrogen (secondary N) is 1. The van der Waals surface area contributed by atoms with Gasteiger partial charge in [-0.1, -0.05) is 24.3 Å². The van der Waals surface area contributed by atoms with Crippen LogP contribution in [-0.4, -0.2) is 59.2 Å². The number of oxazole rings is 1. The van der Waals surface area contributed by atoms with Crippen LogP contribution in [0.2, 0.25) is 0 Å². The van der Waals surface area contributed by atoms with Gasteiger partial charge in [-0.3, -0.25) is 4.90 Å². The van der Waals surface area contributed by atoms with Crippen molar-refractivity contribution in [2.45, 2.75) is 6.42 Å². The topological polar surface area (TPSA) is 76.3 Å². The molecule has 7 nitrogen and oxygen atoms in total. The zero-order valence-electron chi connectivity index (χ0n) is 16.2. The van der Waals surface area contributed by atoms with E-state index in [0.29, 0.717) is 17.4 Å². The highest BCUT2D eigenvalue weighted by atomic mass is 16.5. The van der Waals surface area contributed by atoms with Crippen molar-refractivity contribution in [3.63, 3.8) is 0 Å². The summed E-state index contributed by atoms with van der Waals surface area (Å²) in [6, 6.07) is 15.6. The van der Waals surface area contributed by atoms with Crippen molar-refractivity contribution in [2.24, 2.45) is 0 Å². The summed E-state index contributed by atoms with van der Waals surface area (Å²) < 4.78 is 11.4. The molecule has 1 saturated heterocycles. The predicted molar refractivity (Wildman–Crippen MR) is 113 cm³/mol. The number of nitrogens with zero attached hydrogens (tertiary/aromatic N) is 4. The Bertz CT molecular complexity index is 1090. The van der Waals surface area contributed by atoms with Gasteiger partial charge in [0.15, 0.2) is 17.1 Å². The molecular formula is C22H23N5O2. The fraction of sp³-hybridized carbons (Fsp3) is 0.318. The molecule has 7 heteroatoms. The molecule has 5 rings (SSSR count). The lowest BCUT2D eigenvalue weighted by atomic mass is 10.2. The summed E-state index contributed by atoms with van der Waals surface area (Å²) in [7, 11) is 0. The van der Waals surface area contributed by atoms with Crippen LogP contribution in [0.3, 0.4) is 0 Å². The molecule has 2 aromatic carbocycles. The second-order valence-electron chi connectivity index (χ2n) is 7.13. The van der Waals surface area contributed by atoms with Crippen LogP contribution >= 0.6 is 0 Å². The quantitative estimate of drug-likeness (QED) is 0.505. The second kappa shape index (κ2) is 8.14. The molecule has 29 heavy (non-hydrogen) atoms. The molecule has 4 aromatic rings. The van der Waals surface area contributed by atoms with Gasteiger partial charge in [0.2, 0.25) is 5.89 Å². The largest absolute Gasteiger partial charge is 0.435 e. The molecule has 0 saturated carbocycles. The Balaban J connectivity index is 1.40. The molecule has 1 aliphatic rings. The molecule has 0 radical (unpaired) electrons. The SMILES string of the molecule is c1ccc2nc(-c3nc4ccccc4o3)c(NCCCN3CCOCC3)nc2c1. The first-order valence-corrected chi connectivity index (χ1v) is 10.0. The highest BCUT2D eigenvalue weighted by Crippen LogP contribution is 2.29. The number of aromatic nitrogens is 3. The van der Waals surface area contributed by atoms with Crippen molar-refractivity contribution in [1.82, 2.24) is 19.9 Å². The molecule has 0 amide bonds. The summed E-state index contributed by atoms with van der Waals surface area (Å²) in [5, 5.41) is 3.46. The van der Waals surface area contributed by atoms with E-state index in [4.69, 9.17) is 19.1 Å². The van der Waals surface area contributed by atoms with E-state index in [2.05, 4.69) is 15.2 Å². The van der Waals surface area contributed by atoms with Crippen molar-refractivity contribution in [3.8, 4) is 11.6 Å². The van der Waals surface area contributed by atoms with E-state index in [0.717, 1.165) is 67.9 Å². The van der Waals surface area contributed by atoms with Gasteiger partial charge in [-0.05, 0) is 37.2 Å². The van der Waals surface area contributed by atoms with Gasteiger partial charge in [-0.2, -0.15) is 0 Å². The Morgan fingerprint density at radius 3 is 2.38 bits per heavy atom. The Kier molecular flexibility index (Phi) is 5.06. The molecule has 0 bridgehead atoms. The van der Waals surface area contributed by atoms with Gasteiger partial charge in [-0.25, -0.2) is 15.0 Å². The normalized spacial score (nSPS) is 15.2. The van der Waals surface area contributed by atoms with Crippen molar-refractivity contribution < 1.29 is 9.15 Å². The number of hydrogen-bond donors (Lipinski definition) is 1. The van der Waals surface area contributed by atoms with Gasteiger partial charge in [0.25, 0.3) is 0 Å². The summed E-state index contributed by atoms with van der Waals surface area (Å²) in [6.07, 6.45) is 1.02. The molecule has 1 fully saturated rings. The van der Waals surface area contributed by atoms with E-state index in [1.807, 2.05) is 48.5 Å². The summed E-state index contributed by atoms with van der Waals surface area (Å²) in [6.45, 7) is 5.50. The van der Waals surface area contributed by atoms with Crippen LogP contribution in [0.1, 0.15) is 6.42 Å². The molecule has 0 unspecified atom stereocenters. The molecule has 0 aliphatic carbocycles. The minimum Gasteiger partial charge on any atom is -0.435 e. The Labute approximate surface area is 168 Å². The standard InChI is InChI=1S/C22H23N5O2/c1-2-7-17-16(6-1)24-20(22-26-18-8-3-4-9-19(18)29-22)21(25-17)23-10-5-11-27-12-14-28-15-13-27/h1-4,6-9H,5,10-15H2,(H,23,25). The average molecular weight is 389 g/mol. The second-order valence-corrected chi connectivity index (χ2v) is 7.13. The zero-order valence-corrected chi connectivity index (χ0v) is 16.2. The molecule has 0 spiro atoms. The first kappa shape index (κ1) is 18.0. The fourth-order valence-corrected chi connectivity index (χ4v) is 3.58. The number of rotatable bonds is 6. The lowest BCUT2D eigenvalue weighted by Crippen LogP contribution is -2.37. The van der Waals surface area contributed by atoms with E-state index >= 15 is 0 Å². The van der Waals surface area contributed by atoms with Gasteiger partial charge < -0.3 is 14.5 Å².